The number of rotatable bonds is 77. The normalized spacial score (nSPS) is 14.1. The maximum atomic E-state index is 13.1. The van der Waals surface area contributed by atoms with E-state index >= 15 is 0 Å². The van der Waals surface area contributed by atoms with E-state index in [9.17, 15) is 43.2 Å². The summed E-state index contributed by atoms with van der Waals surface area (Å²) in [6.45, 7) is 11.8. The van der Waals surface area contributed by atoms with Crippen LogP contribution >= 0.6 is 15.6 Å². The summed E-state index contributed by atoms with van der Waals surface area (Å²) >= 11 is 0. The zero-order chi connectivity index (χ0) is 73.7. The lowest BCUT2D eigenvalue weighted by Gasteiger charge is -2.21. The summed E-state index contributed by atoms with van der Waals surface area (Å²) in [7, 11) is -9.93. The molecule has 0 aliphatic carbocycles. The maximum absolute atomic E-state index is 13.1. The van der Waals surface area contributed by atoms with Crippen molar-refractivity contribution in [3.8, 4) is 0 Å². The summed E-state index contributed by atoms with van der Waals surface area (Å²) < 4.78 is 68.6. The van der Waals surface area contributed by atoms with Crippen molar-refractivity contribution < 1.29 is 80.2 Å². The molecule has 3 N–H and O–H groups in total. The van der Waals surface area contributed by atoms with E-state index in [4.69, 9.17) is 37.0 Å². The summed E-state index contributed by atoms with van der Waals surface area (Å²) in [6.07, 6.45) is 62.1. The fourth-order valence-corrected chi connectivity index (χ4v) is 13.5. The van der Waals surface area contributed by atoms with Gasteiger partial charge in [0.2, 0.25) is 0 Å². The highest BCUT2D eigenvalue weighted by Gasteiger charge is 2.30. The van der Waals surface area contributed by atoms with Gasteiger partial charge in [0.25, 0.3) is 0 Å². The van der Waals surface area contributed by atoms with Crippen LogP contribution in [0.5, 0.6) is 0 Å². The van der Waals surface area contributed by atoms with Gasteiger partial charge in [-0.3, -0.25) is 37.3 Å². The zero-order valence-electron chi connectivity index (χ0n) is 65.2. The number of hydrogen-bond donors (Lipinski definition) is 3. The van der Waals surface area contributed by atoms with Gasteiger partial charge in [-0.15, -0.1) is 0 Å². The van der Waals surface area contributed by atoms with Gasteiger partial charge < -0.3 is 33.8 Å². The lowest BCUT2D eigenvalue weighted by Crippen LogP contribution is -2.30. The Morgan fingerprint density at radius 3 is 0.810 bits per heavy atom. The number of carbonyl (C=O) groups excluding carboxylic acids is 4. The summed E-state index contributed by atoms with van der Waals surface area (Å²) in [5.74, 6) is 0.131. The van der Waals surface area contributed by atoms with E-state index < -0.39 is 97.5 Å². The number of hydrogen-bond acceptors (Lipinski definition) is 15. The van der Waals surface area contributed by atoms with Gasteiger partial charge in [0, 0.05) is 25.7 Å². The number of carbonyl (C=O) groups is 4. The van der Waals surface area contributed by atoms with Gasteiger partial charge in [0.15, 0.2) is 12.2 Å². The topological polar surface area (TPSA) is 237 Å². The molecule has 0 radical (unpaired) electrons. The predicted octanol–water partition coefficient (Wildman–Crippen LogP) is 23.7. The molecule has 0 aromatic carbocycles. The molecule has 0 aliphatic rings. The first-order valence-corrected chi connectivity index (χ1v) is 44.2. The van der Waals surface area contributed by atoms with Crippen molar-refractivity contribution in [2.75, 3.05) is 39.6 Å². The van der Waals surface area contributed by atoms with Crippen LogP contribution < -0.4 is 0 Å². The van der Waals surface area contributed by atoms with Gasteiger partial charge in [-0.1, -0.05) is 342 Å². The third-order valence-corrected chi connectivity index (χ3v) is 20.2. The van der Waals surface area contributed by atoms with E-state index in [1.165, 1.54) is 186 Å². The second-order valence-electron chi connectivity index (χ2n) is 29.9. The first-order chi connectivity index (χ1) is 48.2. The Morgan fingerprint density at radius 2 is 0.540 bits per heavy atom. The van der Waals surface area contributed by atoms with Crippen molar-refractivity contribution in [2.45, 2.75) is 414 Å². The number of ether oxygens (including phenoxy) is 4. The Morgan fingerprint density at radius 1 is 0.310 bits per heavy atom. The van der Waals surface area contributed by atoms with E-state index in [-0.39, 0.29) is 25.7 Å². The number of aliphatic hydroxyl groups is 1. The van der Waals surface area contributed by atoms with Gasteiger partial charge >= 0.3 is 39.5 Å². The monoisotopic (exact) mass is 1460 g/mol. The van der Waals surface area contributed by atoms with Crippen LogP contribution in [0.15, 0.2) is 24.3 Å². The Hall–Kier alpha value is -2.46. The smallest absolute Gasteiger partial charge is 0.462 e. The van der Waals surface area contributed by atoms with Gasteiger partial charge in [-0.25, -0.2) is 9.13 Å². The van der Waals surface area contributed by atoms with Crippen molar-refractivity contribution in [3.05, 3.63) is 24.3 Å². The Bertz CT molecular complexity index is 2030. The third kappa shape index (κ3) is 73.8. The largest absolute Gasteiger partial charge is 0.472 e. The molecule has 100 heavy (non-hydrogen) atoms. The van der Waals surface area contributed by atoms with Crippen LogP contribution in [0.4, 0.5) is 0 Å². The second-order valence-corrected chi connectivity index (χ2v) is 32.8. The number of allylic oxidation sites excluding steroid dienone is 4. The molecule has 0 bridgehead atoms. The minimum atomic E-state index is -4.97. The van der Waals surface area contributed by atoms with Crippen LogP contribution in [0.2, 0.25) is 0 Å². The zero-order valence-corrected chi connectivity index (χ0v) is 66.9. The molecule has 0 rings (SSSR count). The number of phosphoric ester groups is 2. The van der Waals surface area contributed by atoms with Gasteiger partial charge in [-0.05, 0) is 69.1 Å². The molecule has 590 valence electrons. The lowest BCUT2D eigenvalue weighted by atomic mass is 10.0. The summed E-state index contributed by atoms with van der Waals surface area (Å²) in [4.78, 5) is 72.9. The van der Waals surface area contributed by atoms with Crippen molar-refractivity contribution in [1.82, 2.24) is 0 Å². The van der Waals surface area contributed by atoms with Crippen molar-refractivity contribution in [1.29, 1.82) is 0 Å². The molecule has 0 saturated heterocycles. The molecule has 0 fully saturated rings. The minimum Gasteiger partial charge on any atom is -0.462 e. The molecular formula is C81H154O17P2. The summed E-state index contributed by atoms with van der Waals surface area (Å²) in [6, 6.07) is 0. The van der Waals surface area contributed by atoms with Crippen LogP contribution in [0.25, 0.3) is 0 Å². The van der Waals surface area contributed by atoms with Crippen LogP contribution in [-0.4, -0.2) is 96.7 Å². The SMILES string of the molecule is CCCCCC/C=C\C=C/CCCCCCCC(=O)O[C@H](COC(=O)CCCCCCCCC(C)C)COP(=O)(O)OC[C@H](O)COP(=O)(O)OC[C@@H](COC(=O)CCCCCCCCCCCCCCC(C)C)OC(=O)CCCCCCCCCCCCCCCCCCCCC(C)C. The number of aliphatic hydroxyl groups excluding tert-OH is 1. The standard InChI is InChI=1S/C81H154O17P2/c1-8-9-10-11-12-13-14-15-20-24-31-36-41-50-57-65-81(86)98-77(69-92-79(84)63-56-49-44-43-47-54-61-74(6)7)71-96-100(89,90)94-67-75(82)66-93-99(87,88)95-70-76(68-91-78(83)62-55-48-40-35-30-27-26-29-34-39-46-53-60-73(4)5)97-80(85)64-58-51-42-37-32-25-22-19-17-16-18-21-23-28-33-38-45-52-59-72(2)3/h13-15,20,72-77,82H,8-12,16-19,21-71H2,1-7H3,(H,87,88)(H,89,90)/b14-13-,20-15-/t75-,76-,77-/m1/s1. The quantitative estimate of drug-likeness (QED) is 0.0169. The Kier molecular flexibility index (Phi) is 69.1. The molecule has 0 aromatic rings. The molecular weight excluding hydrogens is 1310 g/mol. The van der Waals surface area contributed by atoms with E-state index in [0.29, 0.717) is 31.6 Å². The molecule has 0 amide bonds. The third-order valence-electron chi connectivity index (χ3n) is 18.3. The van der Waals surface area contributed by atoms with Crippen LogP contribution in [0, 0.1) is 17.8 Å². The fraction of sp³-hybridized carbons (Fsp3) is 0.901. The average Bonchev–Trinajstić information content (AvgIpc) is 0.920. The highest BCUT2D eigenvalue weighted by atomic mass is 31.2. The predicted molar refractivity (Wildman–Crippen MR) is 409 cm³/mol. The van der Waals surface area contributed by atoms with Gasteiger partial charge in [0.1, 0.15) is 19.3 Å². The minimum absolute atomic E-state index is 0.0839. The first kappa shape index (κ1) is 97.5. The maximum Gasteiger partial charge on any atom is 0.472 e. The van der Waals surface area contributed by atoms with E-state index in [0.717, 1.165) is 121 Å². The summed E-state index contributed by atoms with van der Waals surface area (Å²) in [5, 5.41) is 10.6. The molecule has 0 aromatic heterocycles. The van der Waals surface area contributed by atoms with E-state index in [1.54, 1.807) is 0 Å². The fourth-order valence-electron chi connectivity index (χ4n) is 11.9. The summed E-state index contributed by atoms with van der Waals surface area (Å²) in [5.41, 5.74) is 0. The molecule has 0 saturated carbocycles. The number of unbranched alkanes of at least 4 members (excludes halogenated alkanes) is 42. The molecule has 0 heterocycles. The second kappa shape index (κ2) is 70.8. The van der Waals surface area contributed by atoms with E-state index in [2.05, 4.69) is 72.8 Å². The first-order valence-electron chi connectivity index (χ1n) is 41.2. The highest BCUT2D eigenvalue weighted by molar-refractivity contribution is 7.47. The number of esters is 4. The Balaban J connectivity index is 5.24. The van der Waals surface area contributed by atoms with Gasteiger partial charge in [0.05, 0.1) is 26.4 Å². The van der Waals surface area contributed by atoms with Crippen molar-refractivity contribution in [2.24, 2.45) is 17.8 Å². The molecule has 17 nitrogen and oxygen atoms in total. The van der Waals surface area contributed by atoms with Crippen molar-refractivity contribution in [3.63, 3.8) is 0 Å². The number of phosphoric acid groups is 2. The van der Waals surface area contributed by atoms with Gasteiger partial charge in [-0.2, -0.15) is 0 Å². The van der Waals surface area contributed by atoms with Crippen LogP contribution in [0.3, 0.4) is 0 Å². The van der Waals surface area contributed by atoms with Crippen molar-refractivity contribution >= 4 is 39.5 Å². The molecule has 2 unspecified atom stereocenters. The van der Waals surface area contributed by atoms with E-state index in [1.807, 2.05) is 0 Å². The van der Waals surface area contributed by atoms with Crippen LogP contribution in [0.1, 0.15) is 395 Å². The Labute approximate surface area is 612 Å². The van der Waals surface area contributed by atoms with Crippen LogP contribution in [-0.2, 0) is 65.4 Å². The lowest BCUT2D eigenvalue weighted by molar-refractivity contribution is -0.161. The molecule has 19 heteroatoms. The highest BCUT2D eigenvalue weighted by Crippen LogP contribution is 2.45. The molecule has 0 spiro atoms. The molecule has 5 atom stereocenters. The average molecular weight is 1460 g/mol. The molecule has 0 aliphatic heterocycles.